The zero-order valence-corrected chi connectivity index (χ0v) is 12.3. The first-order valence-electron chi connectivity index (χ1n) is 5.73. The van der Waals surface area contributed by atoms with Crippen LogP contribution in [0.4, 0.5) is 0 Å². The van der Waals surface area contributed by atoms with E-state index in [0.29, 0.717) is 11.8 Å². The zero-order chi connectivity index (χ0) is 12.1. The van der Waals surface area contributed by atoms with Gasteiger partial charge in [-0.25, -0.2) is 4.98 Å². The molecule has 16 heavy (non-hydrogen) atoms. The molecule has 1 unspecified atom stereocenters. The largest absolute Gasteiger partial charge is 0.300 e. The van der Waals surface area contributed by atoms with E-state index in [1.807, 2.05) is 0 Å². The van der Waals surface area contributed by atoms with Crippen molar-refractivity contribution >= 4 is 24.0 Å². The lowest BCUT2D eigenvalue weighted by molar-refractivity contribution is 0.245. The molecule has 1 atom stereocenters. The smallest absolute Gasteiger partial charge is 0.0897 e. The van der Waals surface area contributed by atoms with E-state index in [0.717, 1.165) is 23.8 Å². The normalized spacial score (nSPS) is 13.7. The molecule has 0 aliphatic heterocycles. The molecule has 0 spiro atoms. The van der Waals surface area contributed by atoms with Crippen molar-refractivity contribution in [2.24, 2.45) is 11.8 Å². The number of thiol groups is 1. The highest BCUT2D eigenvalue weighted by Gasteiger charge is 2.14. The van der Waals surface area contributed by atoms with Gasteiger partial charge < -0.3 is 4.90 Å². The molecule has 0 amide bonds. The molecule has 0 N–H and O–H groups in total. The van der Waals surface area contributed by atoms with Crippen LogP contribution in [0.5, 0.6) is 0 Å². The molecule has 1 aromatic heterocycles. The molecule has 1 rings (SSSR count). The van der Waals surface area contributed by atoms with Crippen LogP contribution in [0, 0.1) is 18.8 Å². The van der Waals surface area contributed by atoms with Crippen molar-refractivity contribution in [3.63, 3.8) is 0 Å². The minimum absolute atomic E-state index is 0.660. The molecule has 0 saturated heterocycles. The Balaban J connectivity index is 2.43. The summed E-state index contributed by atoms with van der Waals surface area (Å²) in [4.78, 5) is 6.83. The number of aromatic nitrogens is 1. The summed E-state index contributed by atoms with van der Waals surface area (Å²) in [6, 6.07) is 0. The molecule has 0 fully saturated rings. The maximum atomic E-state index is 4.49. The Morgan fingerprint density at radius 2 is 2.19 bits per heavy atom. The molecule has 92 valence electrons. The Morgan fingerprint density at radius 3 is 2.62 bits per heavy atom. The molecule has 2 nitrogen and oxygen atoms in total. The third kappa shape index (κ3) is 4.44. The molecule has 1 aromatic rings. The average molecular weight is 258 g/mol. The van der Waals surface area contributed by atoms with Crippen LogP contribution in [0.2, 0.25) is 0 Å². The van der Waals surface area contributed by atoms with Gasteiger partial charge in [-0.15, -0.1) is 11.3 Å². The van der Waals surface area contributed by atoms with Gasteiger partial charge in [0.1, 0.15) is 0 Å². The molecular weight excluding hydrogens is 236 g/mol. The predicted molar refractivity (Wildman–Crippen MR) is 75.4 cm³/mol. The molecule has 0 aliphatic carbocycles. The first-order chi connectivity index (χ1) is 7.52. The Bertz CT molecular complexity index is 310. The topological polar surface area (TPSA) is 16.1 Å². The molecule has 0 saturated carbocycles. The van der Waals surface area contributed by atoms with Gasteiger partial charge in [0.05, 0.1) is 10.7 Å². The van der Waals surface area contributed by atoms with E-state index in [4.69, 9.17) is 0 Å². The average Bonchev–Trinajstić information content (AvgIpc) is 2.60. The number of hydrogen-bond acceptors (Lipinski definition) is 4. The minimum atomic E-state index is 0.660. The Labute approximate surface area is 108 Å². The van der Waals surface area contributed by atoms with Crippen LogP contribution in [0.25, 0.3) is 0 Å². The lowest BCUT2D eigenvalue weighted by Crippen LogP contribution is -2.29. The number of rotatable bonds is 6. The first kappa shape index (κ1) is 14.0. The monoisotopic (exact) mass is 258 g/mol. The zero-order valence-electron chi connectivity index (χ0n) is 10.6. The van der Waals surface area contributed by atoms with Crippen LogP contribution in [0.1, 0.15) is 24.5 Å². The van der Waals surface area contributed by atoms with Crippen molar-refractivity contribution < 1.29 is 0 Å². The van der Waals surface area contributed by atoms with Gasteiger partial charge in [0.15, 0.2) is 0 Å². The lowest BCUT2D eigenvalue weighted by atomic mass is 9.97. The second kappa shape index (κ2) is 6.62. The summed E-state index contributed by atoms with van der Waals surface area (Å²) in [7, 11) is 2.16. The Hall–Kier alpha value is -0.0600. The summed E-state index contributed by atoms with van der Waals surface area (Å²) < 4.78 is 0. The van der Waals surface area contributed by atoms with Crippen molar-refractivity contribution in [2.75, 3.05) is 19.3 Å². The first-order valence-corrected chi connectivity index (χ1v) is 7.24. The Kier molecular flexibility index (Phi) is 5.79. The van der Waals surface area contributed by atoms with E-state index < -0.39 is 0 Å². The van der Waals surface area contributed by atoms with Gasteiger partial charge in [-0.2, -0.15) is 12.6 Å². The van der Waals surface area contributed by atoms with Gasteiger partial charge in [-0.05, 0) is 31.6 Å². The third-order valence-electron chi connectivity index (χ3n) is 2.82. The number of thiazole rings is 1. The van der Waals surface area contributed by atoms with Crippen molar-refractivity contribution in [3.05, 3.63) is 16.1 Å². The molecule has 0 bridgehead atoms. The van der Waals surface area contributed by atoms with E-state index in [1.54, 1.807) is 11.3 Å². The van der Waals surface area contributed by atoms with Crippen LogP contribution in [-0.2, 0) is 6.54 Å². The van der Waals surface area contributed by atoms with E-state index in [1.165, 1.54) is 5.69 Å². The fraction of sp³-hybridized carbons (Fsp3) is 0.750. The summed E-state index contributed by atoms with van der Waals surface area (Å²) in [6.07, 6.45) is 0. The standard InChI is InChI=1S/C12H22N2S2/c1-9(2)11(7-15)5-14(4)6-12-8-16-10(3)13-12/h8-9,11,15H,5-7H2,1-4H3. The van der Waals surface area contributed by atoms with E-state index in [9.17, 15) is 0 Å². The van der Waals surface area contributed by atoms with E-state index >= 15 is 0 Å². The fourth-order valence-electron chi connectivity index (χ4n) is 1.70. The minimum Gasteiger partial charge on any atom is -0.300 e. The molecule has 0 radical (unpaired) electrons. The summed E-state index contributed by atoms with van der Waals surface area (Å²) in [6.45, 7) is 8.63. The third-order valence-corrected chi connectivity index (χ3v) is 4.11. The summed E-state index contributed by atoms with van der Waals surface area (Å²) in [5.41, 5.74) is 1.19. The molecule has 1 heterocycles. The van der Waals surface area contributed by atoms with Crippen LogP contribution < -0.4 is 0 Å². The maximum absolute atomic E-state index is 4.49. The second-order valence-electron chi connectivity index (χ2n) is 4.74. The molecule has 0 aromatic carbocycles. The van der Waals surface area contributed by atoms with Gasteiger partial charge in [-0.3, -0.25) is 0 Å². The van der Waals surface area contributed by atoms with Gasteiger partial charge in [0, 0.05) is 18.5 Å². The van der Waals surface area contributed by atoms with Crippen molar-refractivity contribution in [2.45, 2.75) is 27.3 Å². The Morgan fingerprint density at radius 1 is 1.50 bits per heavy atom. The quantitative estimate of drug-likeness (QED) is 0.789. The highest BCUT2D eigenvalue weighted by Crippen LogP contribution is 2.15. The second-order valence-corrected chi connectivity index (χ2v) is 6.17. The number of nitrogens with zero attached hydrogens (tertiary/aromatic N) is 2. The van der Waals surface area contributed by atoms with Crippen molar-refractivity contribution in [1.82, 2.24) is 9.88 Å². The van der Waals surface area contributed by atoms with Crippen LogP contribution >= 0.6 is 24.0 Å². The van der Waals surface area contributed by atoms with E-state index in [2.05, 4.69) is 55.7 Å². The van der Waals surface area contributed by atoms with Crippen molar-refractivity contribution in [3.8, 4) is 0 Å². The number of hydrogen-bond donors (Lipinski definition) is 1. The fourth-order valence-corrected chi connectivity index (χ4v) is 2.84. The number of aryl methyl sites for hydroxylation is 1. The highest BCUT2D eigenvalue weighted by molar-refractivity contribution is 7.80. The summed E-state index contributed by atoms with van der Waals surface area (Å²) in [5, 5.41) is 3.30. The van der Waals surface area contributed by atoms with Gasteiger partial charge in [-0.1, -0.05) is 13.8 Å². The highest BCUT2D eigenvalue weighted by atomic mass is 32.1. The van der Waals surface area contributed by atoms with Gasteiger partial charge >= 0.3 is 0 Å². The van der Waals surface area contributed by atoms with Gasteiger partial charge in [0.2, 0.25) is 0 Å². The van der Waals surface area contributed by atoms with Crippen LogP contribution in [0.3, 0.4) is 0 Å². The van der Waals surface area contributed by atoms with E-state index in [-0.39, 0.29) is 0 Å². The molecule has 0 aliphatic rings. The summed E-state index contributed by atoms with van der Waals surface area (Å²) >= 11 is 6.14. The van der Waals surface area contributed by atoms with Crippen molar-refractivity contribution in [1.29, 1.82) is 0 Å². The lowest BCUT2D eigenvalue weighted by Gasteiger charge is -2.24. The molecular formula is C12H22N2S2. The van der Waals surface area contributed by atoms with Gasteiger partial charge in [0.25, 0.3) is 0 Å². The predicted octanol–water partition coefficient (Wildman–Crippen LogP) is 3.09. The maximum Gasteiger partial charge on any atom is 0.0897 e. The SMILES string of the molecule is Cc1nc(CN(C)CC(CS)C(C)C)cs1. The molecule has 4 heteroatoms. The van der Waals surface area contributed by atoms with Crippen LogP contribution in [-0.4, -0.2) is 29.2 Å². The summed E-state index contributed by atoms with van der Waals surface area (Å²) in [5.74, 6) is 2.31. The van der Waals surface area contributed by atoms with Crippen LogP contribution in [0.15, 0.2) is 5.38 Å².